The second-order valence-corrected chi connectivity index (χ2v) is 7.50. The summed E-state index contributed by atoms with van der Waals surface area (Å²) in [6, 6.07) is 12.7. The Labute approximate surface area is 191 Å². The van der Waals surface area contributed by atoms with Crippen LogP contribution in [0.1, 0.15) is 30.9 Å². The monoisotopic (exact) mass is 454 g/mol. The van der Waals surface area contributed by atoms with Crippen molar-refractivity contribution in [2.75, 3.05) is 0 Å². The molecule has 0 aliphatic heterocycles. The molecule has 8 nitrogen and oxygen atoms in total. The third-order valence-corrected chi connectivity index (χ3v) is 4.83. The maximum absolute atomic E-state index is 13.1. The van der Waals surface area contributed by atoms with Crippen molar-refractivity contribution < 1.29 is 23.6 Å². The lowest BCUT2D eigenvalue weighted by atomic mass is 10.0. The zero-order valence-corrected chi connectivity index (χ0v) is 18.3. The van der Waals surface area contributed by atoms with Gasteiger partial charge < -0.3 is 21.4 Å². The molecule has 2 aromatic rings. The Morgan fingerprint density at radius 3 is 2.18 bits per heavy atom. The largest absolute Gasteiger partial charge is 0.350 e. The van der Waals surface area contributed by atoms with Crippen LogP contribution >= 0.6 is 0 Å². The molecule has 2 aromatic carbocycles. The van der Waals surface area contributed by atoms with Crippen LogP contribution in [0, 0.1) is 11.2 Å². The van der Waals surface area contributed by atoms with E-state index in [1.165, 1.54) is 31.2 Å². The molecule has 2 atom stereocenters. The number of benzene rings is 2. The van der Waals surface area contributed by atoms with E-state index in [0.29, 0.717) is 11.8 Å². The summed E-state index contributed by atoms with van der Waals surface area (Å²) < 4.78 is 13.1. The minimum absolute atomic E-state index is 0.0205. The Kier molecular flexibility index (Phi) is 9.88. The number of carbonyl (C=O) groups is 4. The van der Waals surface area contributed by atoms with Gasteiger partial charge in [0.25, 0.3) is 0 Å². The average molecular weight is 455 g/mol. The van der Waals surface area contributed by atoms with Crippen LogP contribution in [0.5, 0.6) is 0 Å². The fourth-order valence-corrected chi connectivity index (χ4v) is 3.12. The molecule has 0 heterocycles. The van der Waals surface area contributed by atoms with Gasteiger partial charge in [-0.25, -0.2) is 4.39 Å². The molecule has 0 saturated carbocycles. The van der Waals surface area contributed by atoms with Crippen molar-refractivity contribution in [1.29, 1.82) is 5.41 Å². The topological polar surface area (TPSA) is 128 Å². The third kappa shape index (κ3) is 9.02. The van der Waals surface area contributed by atoms with Crippen LogP contribution in [0.15, 0.2) is 54.6 Å². The van der Waals surface area contributed by atoms with Crippen LogP contribution in [0.25, 0.3) is 0 Å². The lowest BCUT2D eigenvalue weighted by Gasteiger charge is -2.23. The summed E-state index contributed by atoms with van der Waals surface area (Å²) in [6.07, 6.45) is 0.746. The molecule has 4 N–H and O–H groups in total. The predicted molar refractivity (Wildman–Crippen MR) is 121 cm³/mol. The van der Waals surface area contributed by atoms with Crippen LogP contribution in [0.3, 0.4) is 0 Å². The normalized spacial score (nSPS) is 12.2. The lowest BCUT2D eigenvalue weighted by molar-refractivity contribution is -0.132. The number of hydrogen-bond donors (Lipinski definition) is 4. The molecule has 0 fully saturated rings. The van der Waals surface area contributed by atoms with Crippen LogP contribution in [-0.4, -0.2) is 41.8 Å². The second-order valence-electron chi connectivity index (χ2n) is 7.50. The Morgan fingerprint density at radius 1 is 0.909 bits per heavy atom. The van der Waals surface area contributed by atoms with Gasteiger partial charge in [0, 0.05) is 26.3 Å². The van der Waals surface area contributed by atoms with Gasteiger partial charge in [-0.2, -0.15) is 0 Å². The molecule has 9 heteroatoms. The summed E-state index contributed by atoms with van der Waals surface area (Å²) in [5.41, 5.74) is 1.48. The van der Waals surface area contributed by atoms with Gasteiger partial charge in [0.1, 0.15) is 17.9 Å². The number of Topliss-reactive ketones (excluding diaryl/α,β-unsaturated/α-hetero) is 1. The molecule has 0 aliphatic rings. The van der Waals surface area contributed by atoms with Gasteiger partial charge in [0.05, 0.1) is 6.21 Å². The number of carbonyl (C=O) groups excluding carboxylic acids is 4. The Balaban J connectivity index is 2.10. The summed E-state index contributed by atoms with van der Waals surface area (Å²) in [5.74, 6) is -2.39. The van der Waals surface area contributed by atoms with Crippen molar-refractivity contribution in [3.05, 3.63) is 71.5 Å². The molecule has 33 heavy (non-hydrogen) atoms. The van der Waals surface area contributed by atoms with E-state index >= 15 is 0 Å². The summed E-state index contributed by atoms with van der Waals surface area (Å²) in [5, 5.41) is 14.9. The zero-order chi connectivity index (χ0) is 24.2. The Bertz CT molecular complexity index is 980. The molecule has 0 aromatic heterocycles. The highest BCUT2D eigenvalue weighted by Crippen LogP contribution is 2.07. The number of hydrogen-bond acceptors (Lipinski definition) is 5. The number of nitrogens with one attached hydrogen (secondary N) is 4. The molecule has 174 valence electrons. The van der Waals surface area contributed by atoms with Crippen LogP contribution in [-0.2, 0) is 32.1 Å². The van der Waals surface area contributed by atoms with Crippen molar-refractivity contribution in [1.82, 2.24) is 16.0 Å². The molecular weight excluding hydrogens is 427 g/mol. The molecule has 0 bridgehead atoms. The summed E-state index contributed by atoms with van der Waals surface area (Å²) in [7, 11) is 0. The van der Waals surface area contributed by atoms with Crippen LogP contribution in [0.2, 0.25) is 0 Å². The highest BCUT2D eigenvalue weighted by molar-refractivity contribution is 6.26. The maximum atomic E-state index is 13.1. The van der Waals surface area contributed by atoms with Crippen molar-refractivity contribution in [3.63, 3.8) is 0 Å². The molecule has 3 amide bonds. The van der Waals surface area contributed by atoms with Gasteiger partial charge in [-0.3, -0.25) is 19.2 Å². The average Bonchev–Trinajstić information content (AvgIpc) is 2.80. The van der Waals surface area contributed by atoms with E-state index in [-0.39, 0.29) is 25.8 Å². The van der Waals surface area contributed by atoms with E-state index in [0.717, 1.165) is 5.56 Å². The Morgan fingerprint density at radius 2 is 1.58 bits per heavy atom. The standard InChI is InChI=1S/C24H27FN4O4/c1-16(30)28-22(13-17-5-3-2-4-6-17)24(33)29-21(12-11-20(31)14-26)23(32)27-15-18-7-9-19(25)10-8-18/h2-10,14,21-22,26H,11-13,15H2,1H3,(H,27,32)(H,28,30)(H,29,33)/t21-,22-/m0/s1. The Hall–Kier alpha value is -3.88. The fraction of sp³-hybridized carbons (Fsp3) is 0.292. The molecule has 0 spiro atoms. The third-order valence-electron chi connectivity index (χ3n) is 4.83. The van der Waals surface area contributed by atoms with Gasteiger partial charge in [-0.05, 0) is 29.7 Å². The summed E-state index contributed by atoms with van der Waals surface area (Å²) in [4.78, 5) is 48.9. The number of ketones is 1. The van der Waals surface area contributed by atoms with Crippen molar-refractivity contribution >= 4 is 29.7 Å². The molecule has 0 radical (unpaired) electrons. The molecular formula is C24H27FN4O4. The van der Waals surface area contributed by atoms with Gasteiger partial charge in [-0.15, -0.1) is 0 Å². The zero-order valence-electron chi connectivity index (χ0n) is 18.3. The number of amides is 3. The van der Waals surface area contributed by atoms with E-state index in [1.54, 1.807) is 0 Å². The molecule has 0 unspecified atom stereocenters. The maximum Gasteiger partial charge on any atom is 0.243 e. The minimum atomic E-state index is -1.06. The van der Waals surface area contributed by atoms with Crippen molar-refractivity contribution in [2.45, 2.75) is 44.8 Å². The van der Waals surface area contributed by atoms with Crippen LogP contribution in [0.4, 0.5) is 4.39 Å². The lowest BCUT2D eigenvalue weighted by Crippen LogP contribution is -2.54. The van der Waals surface area contributed by atoms with E-state index in [9.17, 15) is 23.6 Å². The van der Waals surface area contributed by atoms with E-state index in [2.05, 4.69) is 16.0 Å². The fourth-order valence-electron chi connectivity index (χ4n) is 3.12. The minimum Gasteiger partial charge on any atom is -0.350 e. The smallest absolute Gasteiger partial charge is 0.243 e. The summed E-state index contributed by atoms with van der Waals surface area (Å²) >= 11 is 0. The number of rotatable bonds is 12. The first-order valence-corrected chi connectivity index (χ1v) is 10.5. The van der Waals surface area contributed by atoms with Gasteiger partial charge in [0.15, 0.2) is 5.78 Å². The predicted octanol–water partition coefficient (Wildman–Crippen LogP) is 1.67. The first-order valence-electron chi connectivity index (χ1n) is 10.5. The van der Waals surface area contributed by atoms with Gasteiger partial charge in [-0.1, -0.05) is 42.5 Å². The SMILES string of the molecule is CC(=O)N[C@@H](Cc1ccccc1)C(=O)N[C@@H](CCC(=O)C=N)C(=O)NCc1ccc(F)cc1. The quantitative estimate of drug-likeness (QED) is 0.364. The highest BCUT2D eigenvalue weighted by atomic mass is 19.1. The molecule has 0 saturated heterocycles. The summed E-state index contributed by atoms with van der Waals surface area (Å²) in [6.45, 7) is 1.39. The van der Waals surface area contributed by atoms with Gasteiger partial charge >= 0.3 is 0 Å². The van der Waals surface area contributed by atoms with E-state index < -0.39 is 41.4 Å². The highest BCUT2D eigenvalue weighted by Gasteiger charge is 2.26. The van der Waals surface area contributed by atoms with E-state index in [4.69, 9.17) is 5.41 Å². The van der Waals surface area contributed by atoms with Crippen molar-refractivity contribution in [3.8, 4) is 0 Å². The first kappa shape index (κ1) is 25.4. The van der Waals surface area contributed by atoms with Gasteiger partial charge in [0.2, 0.25) is 17.7 Å². The number of halogens is 1. The molecule has 0 aliphatic carbocycles. The molecule has 2 rings (SSSR count). The van der Waals surface area contributed by atoms with Crippen LogP contribution < -0.4 is 16.0 Å². The van der Waals surface area contributed by atoms with E-state index in [1.807, 2.05) is 30.3 Å². The van der Waals surface area contributed by atoms with Crippen molar-refractivity contribution in [2.24, 2.45) is 0 Å². The first-order chi connectivity index (χ1) is 15.8. The second kappa shape index (κ2) is 12.8.